The van der Waals surface area contributed by atoms with E-state index in [0.717, 1.165) is 5.56 Å². The maximum absolute atomic E-state index is 14.0. The van der Waals surface area contributed by atoms with E-state index in [4.69, 9.17) is 9.47 Å². The molecule has 0 bridgehead atoms. The van der Waals surface area contributed by atoms with Crippen molar-refractivity contribution >= 4 is 5.91 Å². The Hall–Kier alpha value is -3.92. The van der Waals surface area contributed by atoms with Gasteiger partial charge in [0.2, 0.25) is 0 Å². The molecule has 1 atom stereocenters. The van der Waals surface area contributed by atoms with Crippen molar-refractivity contribution in [1.82, 2.24) is 10.3 Å². The van der Waals surface area contributed by atoms with Gasteiger partial charge in [-0.2, -0.15) is 5.26 Å². The lowest BCUT2D eigenvalue weighted by Gasteiger charge is -2.15. The van der Waals surface area contributed by atoms with E-state index in [1.807, 2.05) is 25.1 Å². The van der Waals surface area contributed by atoms with Crippen LogP contribution in [0.25, 0.3) is 0 Å². The SMILES string of the molecule is CCOc1cc(C(=O)NC(C#N)c2ccccc2F)ccc1OCc1cccnc1. The van der Waals surface area contributed by atoms with Crippen molar-refractivity contribution in [3.05, 3.63) is 89.5 Å². The largest absolute Gasteiger partial charge is 0.490 e. The number of aromatic nitrogens is 1. The van der Waals surface area contributed by atoms with Gasteiger partial charge in [-0.25, -0.2) is 4.39 Å². The van der Waals surface area contributed by atoms with Crippen LogP contribution in [-0.4, -0.2) is 17.5 Å². The molecule has 30 heavy (non-hydrogen) atoms. The molecule has 1 unspecified atom stereocenters. The monoisotopic (exact) mass is 405 g/mol. The van der Waals surface area contributed by atoms with E-state index in [9.17, 15) is 14.4 Å². The smallest absolute Gasteiger partial charge is 0.252 e. The van der Waals surface area contributed by atoms with Crippen LogP contribution in [0.15, 0.2) is 67.0 Å². The van der Waals surface area contributed by atoms with Crippen LogP contribution >= 0.6 is 0 Å². The lowest BCUT2D eigenvalue weighted by Crippen LogP contribution is -2.28. The number of nitrogens with one attached hydrogen (secondary N) is 1. The number of carbonyl (C=O) groups is 1. The maximum atomic E-state index is 14.0. The molecule has 3 rings (SSSR count). The van der Waals surface area contributed by atoms with Crippen LogP contribution in [0.1, 0.15) is 34.5 Å². The minimum Gasteiger partial charge on any atom is -0.490 e. The number of halogens is 1. The lowest BCUT2D eigenvalue weighted by molar-refractivity contribution is 0.0944. The van der Waals surface area contributed by atoms with E-state index in [1.54, 1.807) is 30.6 Å². The Kier molecular flexibility index (Phi) is 6.95. The molecule has 0 aliphatic carbocycles. The molecule has 1 heterocycles. The van der Waals surface area contributed by atoms with Gasteiger partial charge in [-0.1, -0.05) is 24.3 Å². The van der Waals surface area contributed by atoms with Gasteiger partial charge in [0.1, 0.15) is 18.5 Å². The highest BCUT2D eigenvalue weighted by Gasteiger charge is 2.19. The number of benzene rings is 2. The number of amides is 1. The molecule has 0 spiro atoms. The second-order valence-electron chi connectivity index (χ2n) is 6.30. The standard InChI is InChI=1S/C23H20FN3O3/c1-2-29-22-12-17(9-10-21(22)30-15-16-6-5-11-26-14-16)23(28)27-20(13-25)18-7-3-4-8-19(18)24/h3-12,14,20H,2,15H2,1H3,(H,27,28). The fourth-order valence-corrected chi connectivity index (χ4v) is 2.78. The Bertz CT molecular complexity index is 1050. The molecule has 1 aromatic heterocycles. The van der Waals surface area contributed by atoms with Gasteiger partial charge in [-0.05, 0) is 37.3 Å². The maximum Gasteiger partial charge on any atom is 0.252 e. The van der Waals surface area contributed by atoms with Crippen LogP contribution in [0.4, 0.5) is 4.39 Å². The van der Waals surface area contributed by atoms with Crippen molar-refractivity contribution in [2.24, 2.45) is 0 Å². The minimum atomic E-state index is -1.12. The van der Waals surface area contributed by atoms with Crippen LogP contribution in [0.5, 0.6) is 11.5 Å². The van der Waals surface area contributed by atoms with Crippen molar-refractivity contribution in [3.63, 3.8) is 0 Å². The van der Waals surface area contributed by atoms with Crippen molar-refractivity contribution in [2.75, 3.05) is 6.61 Å². The highest BCUT2D eigenvalue weighted by atomic mass is 19.1. The van der Waals surface area contributed by atoms with Gasteiger partial charge in [0.15, 0.2) is 11.5 Å². The highest BCUT2D eigenvalue weighted by molar-refractivity contribution is 5.95. The van der Waals surface area contributed by atoms with Gasteiger partial charge in [-0.15, -0.1) is 0 Å². The first-order chi connectivity index (χ1) is 14.6. The summed E-state index contributed by atoms with van der Waals surface area (Å²) in [6.45, 7) is 2.50. The molecule has 1 amide bonds. The second kappa shape index (κ2) is 10.0. The molecule has 0 aliphatic heterocycles. The summed E-state index contributed by atoms with van der Waals surface area (Å²) in [4.78, 5) is 16.7. The number of carbonyl (C=O) groups excluding carboxylic acids is 1. The first-order valence-corrected chi connectivity index (χ1v) is 9.35. The van der Waals surface area contributed by atoms with Crippen molar-refractivity contribution in [3.8, 4) is 17.6 Å². The molecule has 3 aromatic rings. The van der Waals surface area contributed by atoms with E-state index in [1.165, 1.54) is 24.3 Å². The Balaban J connectivity index is 1.76. The quantitative estimate of drug-likeness (QED) is 0.607. The summed E-state index contributed by atoms with van der Waals surface area (Å²) in [6, 6.07) is 15.1. The number of ether oxygens (including phenoxy) is 2. The molecular formula is C23H20FN3O3. The molecule has 0 saturated heterocycles. The summed E-state index contributed by atoms with van der Waals surface area (Å²) in [7, 11) is 0. The highest BCUT2D eigenvalue weighted by Crippen LogP contribution is 2.29. The first kappa shape index (κ1) is 20.8. The molecule has 152 valence electrons. The number of nitrogens with zero attached hydrogens (tertiary/aromatic N) is 2. The fourth-order valence-electron chi connectivity index (χ4n) is 2.78. The summed E-state index contributed by atoms with van der Waals surface area (Å²) in [5.74, 6) is -0.209. The summed E-state index contributed by atoms with van der Waals surface area (Å²) in [5.41, 5.74) is 1.27. The predicted molar refractivity (Wildman–Crippen MR) is 108 cm³/mol. The number of hydrogen-bond acceptors (Lipinski definition) is 5. The van der Waals surface area contributed by atoms with E-state index >= 15 is 0 Å². The molecule has 1 N–H and O–H groups in total. The lowest BCUT2D eigenvalue weighted by atomic mass is 10.1. The summed E-state index contributed by atoms with van der Waals surface area (Å²) < 4.78 is 25.4. The number of pyridine rings is 1. The summed E-state index contributed by atoms with van der Waals surface area (Å²) in [5, 5.41) is 11.9. The Morgan fingerprint density at radius 2 is 2.00 bits per heavy atom. The normalized spacial score (nSPS) is 11.2. The second-order valence-corrected chi connectivity index (χ2v) is 6.30. The van der Waals surface area contributed by atoms with Crippen molar-refractivity contribution in [1.29, 1.82) is 5.26 Å². The van der Waals surface area contributed by atoms with Gasteiger partial charge >= 0.3 is 0 Å². The molecule has 0 radical (unpaired) electrons. The van der Waals surface area contributed by atoms with Gasteiger partial charge in [0, 0.05) is 29.1 Å². The summed E-state index contributed by atoms with van der Waals surface area (Å²) in [6.07, 6.45) is 3.38. The molecule has 0 fully saturated rings. The zero-order valence-corrected chi connectivity index (χ0v) is 16.3. The van der Waals surface area contributed by atoms with Crippen LogP contribution in [0.3, 0.4) is 0 Å². The van der Waals surface area contributed by atoms with E-state index in [0.29, 0.717) is 24.7 Å². The van der Waals surface area contributed by atoms with Crippen LogP contribution in [0, 0.1) is 17.1 Å². The predicted octanol–water partition coefficient (Wildman–Crippen LogP) is 4.19. The first-order valence-electron chi connectivity index (χ1n) is 9.35. The van der Waals surface area contributed by atoms with Crippen LogP contribution in [-0.2, 0) is 6.61 Å². The molecule has 7 heteroatoms. The van der Waals surface area contributed by atoms with E-state index < -0.39 is 17.8 Å². The van der Waals surface area contributed by atoms with Gasteiger partial charge in [0.05, 0.1) is 12.7 Å². The van der Waals surface area contributed by atoms with Crippen molar-refractivity contribution in [2.45, 2.75) is 19.6 Å². The van der Waals surface area contributed by atoms with E-state index in [-0.39, 0.29) is 11.1 Å². The van der Waals surface area contributed by atoms with Crippen LogP contribution < -0.4 is 14.8 Å². The molecular weight excluding hydrogens is 385 g/mol. The van der Waals surface area contributed by atoms with Gasteiger partial charge in [0.25, 0.3) is 5.91 Å². The van der Waals surface area contributed by atoms with Gasteiger partial charge < -0.3 is 14.8 Å². The molecule has 6 nitrogen and oxygen atoms in total. The average molecular weight is 405 g/mol. The number of hydrogen-bond donors (Lipinski definition) is 1. The van der Waals surface area contributed by atoms with E-state index in [2.05, 4.69) is 10.3 Å². The topological polar surface area (TPSA) is 84.2 Å². The van der Waals surface area contributed by atoms with Crippen molar-refractivity contribution < 1.29 is 18.7 Å². The van der Waals surface area contributed by atoms with Crippen LogP contribution in [0.2, 0.25) is 0 Å². The third-order valence-corrected chi connectivity index (χ3v) is 4.24. The number of rotatable bonds is 8. The third-order valence-electron chi connectivity index (χ3n) is 4.24. The Morgan fingerprint density at radius 3 is 2.70 bits per heavy atom. The third kappa shape index (κ3) is 5.11. The molecule has 0 saturated carbocycles. The fraction of sp³-hybridized carbons (Fsp3) is 0.174. The van der Waals surface area contributed by atoms with Gasteiger partial charge in [-0.3, -0.25) is 9.78 Å². The molecule has 0 aliphatic rings. The summed E-state index contributed by atoms with van der Waals surface area (Å²) >= 11 is 0. The Morgan fingerprint density at radius 1 is 1.17 bits per heavy atom. The zero-order chi connectivity index (χ0) is 21.3. The minimum absolute atomic E-state index is 0.106. The Labute approximate surface area is 173 Å². The average Bonchev–Trinajstić information content (AvgIpc) is 2.78. The molecule has 2 aromatic carbocycles. The zero-order valence-electron chi connectivity index (χ0n) is 16.3. The number of nitriles is 1.